The van der Waals surface area contributed by atoms with E-state index in [1.54, 1.807) is 12.1 Å². The Labute approximate surface area is 107 Å². The number of nitro benzene ring substituents is 1. The fraction of sp³-hybridized carbons (Fsp3) is 0.300. The predicted molar refractivity (Wildman–Crippen MR) is 67.4 cm³/mol. The largest absolute Gasteiger partial charge is 0.486 e. The van der Waals surface area contributed by atoms with Gasteiger partial charge in [-0.05, 0) is 28.4 Å². The Morgan fingerprint density at radius 3 is 2.88 bits per heavy atom. The maximum absolute atomic E-state index is 10.8. The van der Waals surface area contributed by atoms with Gasteiger partial charge < -0.3 is 10.5 Å². The lowest BCUT2D eigenvalue weighted by Crippen LogP contribution is -2.11. The van der Waals surface area contributed by atoms with E-state index in [0.717, 1.165) is 0 Å². The predicted octanol–water partition coefficient (Wildman–Crippen LogP) is 2.45. The van der Waals surface area contributed by atoms with E-state index in [0.29, 0.717) is 17.3 Å². The SMILES string of the molecule is N=C(N)CCCOc1c(Br)cccc1[N+](=O)[O-]. The summed E-state index contributed by atoms with van der Waals surface area (Å²) >= 11 is 3.20. The van der Waals surface area contributed by atoms with E-state index < -0.39 is 4.92 Å². The van der Waals surface area contributed by atoms with Crippen LogP contribution in [0.25, 0.3) is 0 Å². The van der Waals surface area contributed by atoms with E-state index in [9.17, 15) is 10.1 Å². The van der Waals surface area contributed by atoms with Crippen LogP contribution in [-0.4, -0.2) is 17.4 Å². The Hall–Kier alpha value is -1.63. The molecule has 0 aliphatic rings. The highest BCUT2D eigenvalue weighted by Crippen LogP contribution is 2.34. The van der Waals surface area contributed by atoms with E-state index in [1.165, 1.54) is 6.07 Å². The number of nitrogens with two attached hydrogens (primary N) is 1. The first-order chi connectivity index (χ1) is 8.02. The lowest BCUT2D eigenvalue weighted by Gasteiger charge is -2.08. The highest BCUT2D eigenvalue weighted by Gasteiger charge is 2.17. The first kappa shape index (κ1) is 13.4. The molecule has 7 heteroatoms. The van der Waals surface area contributed by atoms with Crippen molar-refractivity contribution in [3.63, 3.8) is 0 Å². The molecule has 0 saturated heterocycles. The maximum Gasteiger partial charge on any atom is 0.312 e. The van der Waals surface area contributed by atoms with Crippen LogP contribution in [0.4, 0.5) is 5.69 Å². The van der Waals surface area contributed by atoms with Crippen LogP contribution in [0.15, 0.2) is 22.7 Å². The van der Waals surface area contributed by atoms with Crippen LogP contribution in [0, 0.1) is 15.5 Å². The van der Waals surface area contributed by atoms with E-state index in [4.69, 9.17) is 15.9 Å². The summed E-state index contributed by atoms with van der Waals surface area (Å²) in [5.74, 6) is 0.288. The quantitative estimate of drug-likeness (QED) is 0.277. The molecule has 0 aliphatic carbocycles. The maximum atomic E-state index is 10.8. The molecule has 1 aromatic carbocycles. The third-order valence-corrected chi connectivity index (χ3v) is 2.60. The molecule has 0 heterocycles. The van der Waals surface area contributed by atoms with Crippen molar-refractivity contribution in [2.45, 2.75) is 12.8 Å². The molecule has 0 fully saturated rings. The van der Waals surface area contributed by atoms with Gasteiger partial charge in [-0.15, -0.1) is 0 Å². The Kier molecular flexibility index (Phi) is 4.89. The number of para-hydroxylation sites is 1. The number of amidine groups is 1. The molecule has 0 aromatic heterocycles. The molecular formula is C10H12BrN3O3. The van der Waals surface area contributed by atoms with Gasteiger partial charge in [0, 0.05) is 12.5 Å². The molecule has 0 radical (unpaired) electrons. The van der Waals surface area contributed by atoms with E-state index >= 15 is 0 Å². The van der Waals surface area contributed by atoms with Crippen molar-refractivity contribution < 1.29 is 9.66 Å². The summed E-state index contributed by atoms with van der Waals surface area (Å²) < 4.78 is 5.88. The Balaban J connectivity index is 2.69. The van der Waals surface area contributed by atoms with Crippen LogP contribution in [-0.2, 0) is 0 Å². The molecule has 0 spiro atoms. The van der Waals surface area contributed by atoms with Gasteiger partial charge in [0.15, 0.2) is 0 Å². The molecule has 0 amide bonds. The van der Waals surface area contributed by atoms with Gasteiger partial charge in [0.1, 0.15) is 0 Å². The van der Waals surface area contributed by atoms with Gasteiger partial charge in [0.2, 0.25) is 5.75 Å². The fourth-order valence-electron chi connectivity index (χ4n) is 1.22. The first-order valence-electron chi connectivity index (χ1n) is 4.91. The number of nitrogens with one attached hydrogen (secondary N) is 1. The highest BCUT2D eigenvalue weighted by molar-refractivity contribution is 9.10. The van der Waals surface area contributed by atoms with Crippen molar-refractivity contribution in [3.8, 4) is 5.75 Å². The second-order valence-electron chi connectivity index (χ2n) is 3.32. The van der Waals surface area contributed by atoms with E-state index in [-0.39, 0.29) is 23.9 Å². The molecule has 0 saturated carbocycles. The zero-order valence-electron chi connectivity index (χ0n) is 8.98. The number of rotatable bonds is 6. The van der Waals surface area contributed by atoms with Gasteiger partial charge in [-0.3, -0.25) is 15.5 Å². The highest BCUT2D eigenvalue weighted by atomic mass is 79.9. The second kappa shape index (κ2) is 6.19. The van der Waals surface area contributed by atoms with Crippen LogP contribution in [0.2, 0.25) is 0 Å². The lowest BCUT2D eigenvalue weighted by atomic mass is 10.3. The van der Waals surface area contributed by atoms with Gasteiger partial charge in [-0.1, -0.05) is 6.07 Å². The third-order valence-electron chi connectivity index (χ3n) is 1.98. The summed E-state index contributed by atoms with van der Waals surface area (Å²) in [5.41, 5.74) is 5.11. The molecule has 3 N–H and O–H groups in total. The molecule has 0 bridgehead atoms. The zero-order chi connectivity index (χ0) is 12.8. The minimum atomic E-state index is -0.495. The van der Waals surface area contributed by atoms with Crippen molar-refractivity contribution in [1.29, 1.82) is 5.41 Å². The van der Waals surface area contributed by atoms with Gasteiger partial charge in [-0.2, -0.15) is 0 Å². The zero-order valence-corrected chi connectivity index (χ0v) is 10.6. The summed E-state index contributed by atoms with van der Waals surface area (Å²) in [6, 6.07) is 4.63. The van der Waals surface area contributed by atoms with Crippen molar-refractivity contribution >= 4 is 27.5 Å². The van der Waals surface area contributed by atoms with Gasteiger partial charge in [0.05, 0.1) is 21.8 Å². The van der Waals surface area contributed by atoms with E-state index in [2.05, 4.69) is 15.9 Å². The first-order valence-corrected chi connectivity index (χ1v) is 5.70. The Morgan fingerprint density at radius 2 is 2.29 bits per heavy atom. The van der Waals surface area contributed by atoms with Crippen LogP contribution >= 0.6 is 15.9 Å². The summed E-state index contributed by atoms with van der Waals surface area (Å²) in [5, 5.41) is 17.8. The number of hydrogen-bond donors (Lipinski definition) is 2. The molecule has 6 nitrogen and oxygen atoms in total. The van der Waals surface area contributed by atoms with Crippen molar-refractivity contribution in [2.75, 3.05) is 6.61 Å². The van der Waals surface area contributed by atoms with Crippen molar-refractivity contribution in [3.05, 3.63) is 32.8 Å². The summed E-state index contributed by atoms with van der Waals surface area (Å²) in [6.45, 7) is 0.281. The van der Waals surface area contributed by atoms with Crippen LogP contribution in [0.1, 0.15) is 12.8 Å². The Morgan fingerprint density at radius 1 is 1.59 bits per heavy atom. The molecule has 92 valence electrons. The van der Waals surface area contributed by atoms with Crippen molar-refractivity contribution in [1.82, 2.24) is 0 Å². The monoisotopic (exact) mass is 301 g/mol. The number of halogens is 1. The van der Waals surface area contributed by atoms with Gasteiger partial charge in [0.25, 0.3) is 0 Å². The average molecular weight is 302 g/mol. The molecule has 0 atom stereocenters. The molecule has 1 rings (SSSR count). The number of nitro groups is 1. The molecule has 0 unspecified atom stereocenters. The molecular weight excluding hydrogens is 290 g/mol. The number of ether oxygens (including phenoxy) is 1. The minimum Gasteiger partial charge on any atom is -0.486 e. The fourth-order valence-corrected chi connectivity index (χ4v) is 1.69. The van der Waals surface area contributed by atoms with Crippen molar-refractivity contribution in [2.24, 2.45) is 5.73 Å². The molecule has 17 heavy (non-hydrogen) atoms. The number of hydrogen-bond acceptors (Lipinski definition) is 4. The summed E-state index contributed by atoms with van der Waals surface area (Å²) in [7, 11) is 0. The normalized spacial score (nSPS) is 9.94. The van der Waals surface area contributed by atoms with Gasteiger partial charge >= 0.3 is 5.69 Å². The number of benzene rings is 1. The average Bonchev–Trinajstić information content (AvgIpc) is 2.25. The van der Waals surface area contributed by atoms with Crippen LogP contribution in [0.3, 0.4) is 0 Å². The van der Waals surface area contributed by atoms with E-state index in [1.807, 2.05) is 0 Å². The topological polar surface area (TPSA) is 102 Å². The second-order valence-corrected chi connectivity index (χ2v) is 4.18. The smallest absolute Gasteiger partial charge is 0.312 e. The third kappa shape index (κ3) is 4.03. The molecule has 0 aliphatic heterocycles. The summed E-state index contributed by atoms with van der Waals surface area (Å²) in [6.07, 6.45) is 0.964. The Bertz CT molecular complexity index is 437. The summed E-state index contributed by atoms with van der Waals surface area (Å²) in [4.78, 5) is 10.3. The van der Waals surface area contributed by atoms with Gasteiger partial charge in [-0.25, -0.2) is 0 Å². The lowest BCUT2D eigenvalue weighted by molar-refractivity contribution is -0.386. The standard InChI is InChI=1S/C10H12BrN3O3/c11-7-3-1-4-8(14(15)16)10(7)17-6-2-5-9(12)13/h1,3-4H,2,5-6H2,(H3,12,13). The molecule has 1 aromatic rings. The van der Waals surface area contributed by atoms with Crippen LogP contribution < -0.4 is 10.5 Å². The number of nitrogens with zero attached hydrogens (tertiary/aromatic N) is 1. The minimum absolute atomic E-state index is 0.0789. The van der Waals surface area contributed by atoms with Crippen LogP contribution in [0.5, 0.6) is 5.75 Å².